The van der Waals surface area contributed by atoms with Crippen LogP contribution in [0.5, 0.6) is 0 Å². The number of fused-ring (bicyclic) bond motifs is 1. The summed E-state index contributed by atoms with van der Waals surface area (Å²) in [5, 5.41) is 10.8. The van der Waals surface area contributed by atoms with Crippen molar-refractivity contribution in [3.05, 3.63) is 29.8 Å². The van der Waals surface area contributed by atoms with Gasteiger partial charge in [0, 0.05) is 0 Å². The van der Waals surface area contributed by atoms with Gasteiger partial charge in [-0.05, 0) is 25.1 Å². The maximum absolute atomic E-state index is 13.9. The summed E-state index contributed by atoms with van der Waals surface area (Å²) in [5.41, 5.74) is 5.86. The predicted molar refractivity (Wildman–Crippen MR) is 60.9 cm³/mol. The van der Waals surface area contributed by atoms with E-state index in [0.29, 0.717) is 16.7 Å². The van der Waals surface area contributed by atoms with Gasteiger partial charge < -0.3 is 10.2 Å². The highest BCUT2D eigenvalue weighted by molar-refractivity contribution is 5.86. The average molecular weight is 232 g/mol. The van der Waals surface area contributed by atoms with Gasteiger partial charge in [0.15, 0.2) is 12.0 Å². The van der Waals surface area contributed by atoms with Gasteiger partial charge in [0.25, 0.3) is 0 Å². The van der Waals surface area contributed by atoms with E-state index >= 15 is 0 Å². The SMILES string of the molecule is Cc1cc2c(F)c(N=C(N)NC#N)ccc2o1. The van der Waals surface area contributed by atoms with E-state index in [9.17, 15) is 4.39 Å². The lowest BCUT2D eigenvalue weighted by Gasteiger charge is -1.99. The number of halogens is 1. The number of aryl methyl sites for hydroxylation is 1. The second-order valence-electron chi connectivity index (χ2n) is 3.40. The molecule has 86 valence electrons. The number of furan rings is 1. The number of nitriles is 1. The molecule has 0 fully saturated rings. The molecule has 0 amide bonds. The van der Waals surface area contributed by atoms with Crippen molar-refractivity contribution >= 4 is 22.6 Å². The van der Waals surface area contributed by atoms with Crippen LogP contribution in [0.15, 0.2) is 27.6 Å². The van der Waals surface area contributed by atoms with Crippen molar-refractivity contribution in [1.29, 1.82) is 5.26 Å². The number of hydrogen-bond donors (Lipinski definition) is 2. The number of rotatable bonds is 1. The molecule has 17 heavy (non-hydrogen) atoms. The van der Waals surface area contributed by atoms with Crippen LogP contribution in [0.3, 0.4) is 0 Å². The first kappa shape index (κ1) is 11.0. The fourth-order valence-electron chi connectivity index (χ4n) is 1.49. The smallest absolute Gasteiger partial charge is 0.207 e. The van der Waals surface area contributed by atoms with Crippen LogP contribution in [0.1, 0.15) is 5.76 Å². The normalized spacial score (nSPS) is 11.5. The minimum atomic E-state index is -0.526. The molecule has 5 nitrogen and oxygen atoms in total. The maximum atomic E-state index is 13.9. The molecular formula is C11H9FN4O. The Bertz CT molecular complexity index is 639. The van der Waals surface area contributed by atoms with Gasteiger partial charge in [0.2, 0.25) is 5.96 Å². The topological polar surface area (TPSA) is 87.3 Å². The summed E-state index contributed by atoms with van der Waals surface area (Å²) in [5.74, 6) is -0.0730. The van der Waals surface area contributed by atoms with Gasteiger partial charge in [0.05, 0.1) is 5.39 Å². The van der Waals surface area contributed by atoms with Gasteiger partial charge in [-0.2, -0.15) is 5.26 Å². The van der Waals surface area contributed by atoms with Gasteiger partial charge in [0.1, 0.15) is 17.0 Å². The first-order valence-electron chi connectivity index (χ1n) is 4.79. The molecule has 0 bridgehead atoms. The molecule has 2 rings (SSSR count). The number of nitrogens with two attached hydrogens (primary N) is 1. The van der Waals surface area contributed by atoms with Crippen LogP contribution in [-0.4, -0.2) is 5.96 Å². The summed E-state index contributed by atoms with van der Waals surface area (Å²) in [6, 6.07) is 4.62. The fraction of sp³-hybridized carbons (Fsp3) is 0.0909. The molecule has 0 saturated carbocycles. The van der Waals surface area contributed by atoms with Gasteiger partial charge >= 0.3 is 0 Å². The van der Waals surface area contributed by atoms with E-state index in [0.717, 1.165) is 0 Å². The van der Waals surface area contributed by atoms with Crippen molar-refractivity contribution in [2.24, 2.45) is 10.7 Å². The molecule has 0 aliphatic heterocycles. The Morgan fingerprint density at radius 2 is 2.35 bits per heavy atom. The number of guanidine groups is 1. The zero-order valence-electron chi connectivity index (χ0n) is 8.99. The van der Waals surface area contributed by atoms with Crippen LogP contribution in [0.2, 0.25) is 0 Å². The quantitative estimate of drug-likeness (QED) is 0.340. The van der Waals surface area contributed by atoms with E-state index < -0.39 is 5.82 Å². The maximum Gasteiger partial charge on any atom is 0.207 e. The molecule has 0 radical (unpaired) electrons. The molecule has 1 aromatic heterocycles. The monoisotopic (exact) mass is 232 g/mol. The second kappa shape index (κ2) is 4.14. The lowest BCUT2D eigenvalue weighted by molar-refractivity contribution is 0.577. The molecule has 6 heteroatoms. The van der Waals surface area contributed by atoms with E-state index in [-0.39, 0.29) is 11.6 Å². The van der Waals surface area contributed by atoms with E-state index in [4.69, 9.17) is 15.4 Å². The minimum Gasteiger partial charge on any atom is -0.461 e. The summed E-state index contributed by atoms with van der Waals surface area (Å²) in [6.07, 6.45) is 1.60. The van der Waals surface area contributed by atoms with Crippen LogP contribution >= 0.6 is 0 Å². The number of nitrogens with one attached hydrogen (secondary N) is 1. The van der Waals surface area contributed by atoms with Gasteiger partial charge in [-0.15, -0.1) is 0 Å². The van der Waals surface area contributed by atoms with E-state index in [1.807, 2.05) is 0 Å². The molecule has 0 aliphatic carbocycles. The van der Waals surface area contributed by atoms with Crippen LogP contribution in [0.25, 0.3) is 11.0 Å². The number of nitrogens with zero attached hydrogens (tertiary/aromatic N) is 2. The highest BCUT2D eigenvalue weighted by Gasteiger charge is 2.10. The van der Waals surface area contributed by atoms with Crippen LogP contribution in [0, 0.1) is 24.2 Å². The minimum absolute atomic E-state index is 0.0542. The Morgan fingerprint density at radius 1 is 1.59 bits per heavy atom. The Hall–Kier alpha value is -2.55. The second-order valence-corrected chi connectivity index (χ2v) is 3.40. The summed E-state index contributed by atoms with van der Waals surface area (Å²) < 4.78 is 19.2. The van der Waals surface area contributed by atoms with Gasteiger partial charge in [-0.3, -0.25) is 5.32 Å². The zero-order valence-corrected chi connectivity index (χ0v) is 8.99. The largest absolute Gasteiger partial charge is 0.461 e. The number of hydrogen-bond acceptors (Lipinski definition) is 3. The lowest BCUT2D eigenvalue weighted by Crippen LogP contribution is -2.26. The summed E-state index contributed by atoms with van der Waals surface area (Å²) >= 11 is 0. The average Bonchev–Trinajstić information content (AvgIpc) is 2.64. The van der Waals surface area contributed by atoms with Crippen molar-refractivity contribution < 1.29 is 8.81 Å². The third kappa shape index (κ3) is 2.03. The van der Waals surface area contributed by atoms with Crippen LogP contribution in [0.4, 0.5) is 10.1 Å². The highest BCUT2D eigenvalue weighted by Crippen LogP contribution is 2.28. The molecule has 0 saturated heterocycles. The van der Waals surface area contributed by atoms with E-state index in [2.05, 4.69) is 10.3 Å². The first-order valence-corrected chi connectivity index (χ1v) is 4.79. The molecule has 3 N–H and O–H groups in total. The lowest BCUT2D eigenvalue weighted by atomic mass is 10.2. The van der Waals surface area contributed by atoms with Gasteiger partial charge in [-0.1, -0.05) is 0 Å². The molecule has 0 atom stereocenters. The molecule has 2 aromatic rings. The molecule has 1 heterocycles. The molecular weight excluding hydrogens is 223 g/mol. The Labute approximate surface area is 96.3 Å². The third-order valence-corrected chi connectivity index (χ3v) is 2.16. The standard InChI is InChI=1S/C11H9FN4O/c1-6-4-7-9(17-6)3-2-8(10(7)12)16-11(14)15-5-13/h2-4H,1H3,(H3,14,15,16). The van der Waals surface area contributed by atoms with E-state index in [1.165, 1.54) is 6.07 Å². The van der Waals surface area contributed by atoms with Crippen molar-refractivity contribution in [2.45, 2.75) is 6.92 Å². The van der Waals surface area contributed by atoms with E-state index in [1.54, 1.807) is 25.2 Å². The summed E-state index contributed by atoms with van der Waals surface area (Å²) in [4.78, 5) is 3.75. The molecule has 0 aliphatic rings. The Balaban J connectivity index is 2.53. The highest BCUT2D eigenvalue weighted by atomic mass is 19.1. The molecule has 0 spiro atoms. The van der Waals surface area contributed by atoms with Crippen molar-refractivity contribution in [3.63, 3.8) is 0 Å². The third-order valence-electron chi connectivity index (χ3n) is 2.16. The summed E-state index contributed by atoms with van der Waals surface area (Å²) in [6.45, 7) is 1.73. The van der Waals surface area contributed by atoms with Crippen molar-refractivity contribution in [2.75, 3.05) is 0 Å². The van der Waals surface area contributed by atoms with Gasteiger partial charge in [-0.25, -0.2) is 9.38 Å². The Kier molecular flexibility index (Phi) is 2.66. The fourth-order valence-corrected chi connectivity index (χ4v) is 1.49. The molecule has 1 aromatic carbocycles. The number of benzene rings is 1. The van der Waals surface area contributed by atoms with Crippen molar-refractivity contribution in [3.8, 4) is 6.19 Å². The van der Waals surface area contributed by atoms with Crippen molar-refractivity contribution in [1.82, 2.24) is 5.32 Å². The number of aliphatic imine (C=N–C) groups is 1. The Morgan fingerprint density at radius 3 is 3.06 bits per heavy atom. The van der Waals surface area contributed by atoms with Crippen LogP contribution in [-0.2, 0) is 0 Å². The van der Waals surface area contributed by atoms with Crippen LogP contribution < -0.4 is 11.1 Å². The zero-order chi connectivity index (χ0) is 12.4. The predicted octanol–water partition coefficient (Wildman–Crippen LogP) is 1.90. The first-order chi connectivity index (χ1) is 8.11. The summed E-state index contributed by atoms with van der Waals surface area (Å²) in [7, 11) is 0. The molecule has 0 unspecified atom stereocenters.